The topological polar surface area (TPSA) is 61.4 Å². The van der Waals surface area contributed by atoms with Crippen LogP contribution in [-0.4, -0.2) is 11.1 Å². The Morgan fingerprint density at radius 1 is 0.897 bits per heavy atom. The number of hydrogen-bond acceptors (Lipinski definition) is 3. The van der Waals surface area contributed by atoms with Crippen molar-refractivity contribution in [2.24, 2.45) is 0 Å². The summed E-state index contributed by atoms with van der Waals surface area (Å²) in [5.74, 6) is -1.24. The summed E-state index contributed by atoms with van der Waals surface area (Å²) in [6.45, 7) is 0.225. The highest BCUT2D eigenvalue weighted by Gasteiger charge is 2.30. The van der Waals surface area contributed by atoms with Gasteiger partial charge in [-0.2, -0.15) is 13.2 Å². The number of alkyl halides is 3. The minimum absolute atomic E-state index is 0.225. The van der Waals surface area contributed by atoms with Crippen LogP contribution in [-0.2, 0) is 17.5 Å². The number of benzene rings is 3. The summed E-state index contributed by atoms with van der Waals surface area (Å²) < 4.78 is 38.4. The Kier molecular flexibility index (Phi) is 6.19. The second-order valence-corrected chi connectivity index (χ2v) is 6.49. The molecule has 0 aromatic heterocycles. The average molecular weight is 400 g/mol. The molecule has 0 radical (unpaired) electrons. The van der Waals surface area contributed by atoms with Gasteiger partial charge in [0.1, 0.15) is 0 Å². The predicted octanol–water partition coefficient (Wildman–Crippen LogP) is 4.95. The number of hydroxylamine groups is 1. The van der Waals surface area contributed by atoms with Crippen molar-refractivity contribution >= 4 is 11.6 Å². The van der Waals surface area contributed by atoms with Crippen LogP contribution in [0.3, 0.4) is 0 Å². The fourth-order valence-electron chi connectivity index (χ4n) is 3.06. The molecule has 0 aliphatic heterocycles. The first-order valence-electron chi connectivity index (χ1n) is 8.87. The van der Waals surface area contributed by atoms with E-state index in [-0.39, 0.29) is 6.54 Å². The Bertz CT molecular complexity index is 958. The van der Waals surface area contributed by atoms with Gasteiger partial charge in [0.15, 0.2) is 0 Å². The number of carbonyl (C=O) groups excluding carboxylic acids is 1. The van der Waals surface area contributed by atoms with Crippen LogP contribution in [0.2, 0.25) is 0 Å². The van der Waals surface area contributed by atoms with Gasteiger partial charge < -0.3 is 5.32 Å². The molecule has 1 atom stereocenters. The Balaban J connectivity index is 1.73. The molecular weight excluding hydrogens is 381 g/mol. The molecule has 4 nitrogen and oxygen atoms in total. The van der Waals surface area contributed by atoms with Crippen LogP contribution < -0.4 is 10.8 Å². The number of anilines is 1. The summed E-state index contributed by atoms with van der Waals surface area (Å²) in [5, 5.41) is 12.2. The van der Waals surface area contributed by atoms with Crippen LogP contribution in [0.15, 0.2) is 78.9 Å². The Labute approximate surface area is 166 Å². The lowest BCUT2D eigenvalue weighted by Gasteiger charge is -2.16. The standard InChI is InChI=1S/C22H19F3N2O2/c23-22(24,25)18-8-4-5-15(13-18)14-26-19-11-9-17(10-12-19)20(21(28)27-29)16-6-2-1-3-7-16/h1-13,20,26,29H,14H2,(H,27,28). The first-order valence-corrected chi connectivity index (χ1v) is 8.87. The van der Waals surface area contributed by atoms with E-state index in [2.05, 4.69) is 5.32 Å². The van der Waals surface area contributed by atoms with E-state index in [0.717, 1.165) is 17.7 Å². The molecule has 0 bridgehead atoms. The number of rotatable bonds is 6. The van der Waals surface area contributed by atoms with Crippen LogP contribution in [0, 0.1) is 0 Å². The zero-order valence-electron chi connectivity index (χ0n) is 15.3. The van der Waals surface area contributed by atoms with Gasteiger partial charge in [0, 0.05) is 12.2 Å². The Hall–Kier alpha value is -3.32. The highest BCUT2D eigenvalue weighted by Crippen LogP contribution is 2.30. The fraction of sp³-hybridized carbons (Fsp3) is 0.136. The average Bonchev–Trinajstić information content (AvgIpc) is 2.73. The van der Waals surface area contributed by atoms with Crippen LogP contribution in [0.1, 0.15) is 28.2 Å². The van der Waals surface area contributed by atoms with Gasteiger partial charge in [-0.1, -0.05) is 54.6 Å². The number of nitrogens with one attached hydrogen (secondary N) is 2. The molecule has 0 saturated carbocycles. The van der Waals surface area contributed by atoms with Gasteiger partial charge in [-0.3, -0.25) is 10.0 Å². The molecule has 150 valence electrons. The van der Waals surface area contributed by atoms with Crippen LogP contribution in [0.25, 0.3) is 0 Å². The minimum atomic E-state index is -4.38. The minimum Gasteiger partial charge on any atom is -0.381 e. The van der Waals surface area contributed by atoms with Crippen molar-refractivity contribution < 1.29 is 23.2 Å². The van der Waals surface area contributed by atoms with Crippen LogP contribution >= 0.6 is 0 Å². The quantitative estimate of drug-likeness (QED) is 0.405. The molecular formula is C22H19F3N2O2. The van der Waals surface area contributed by atoms with E-state index in [0.29, 0.717) is 16.8 Å². The fourth-order valence-corrected chi connectivity index (χ4v) is 3.06. The highest BCUT2D eigenvalue weighted by molar-refractivity contribution is 5.86. The molecule has 0 spiro atoms. The summed E-state index contributed by atoms with van der Waals surface area (Å²) in [4.78, 5) is 12.2. The second kappa shape index (κ2) is 8.79. The Morgan fingerprint density at radius 3 is 2.17 bits per heavy atom. The summed E-state index contributed by atoms with van der Waals surface area (Å²) in [6.07, 6.45) is -4.38. The lowest BCUT2D eigenvalue weighted by atomic mass is 9.90. The molecule has 3 aromatic carbocycles. The van der Waals surface area contributed by atoms with Crippen molar-refractivity contribution in [3.8, 4) is 0 Å². The number of carbonyl (C=O) groups is 1. The molecule has 29 heavy (non-hydrogen) atoms. The molecule has 3 rings (SSSR count). The Morgan fingerprint density at radius 2 is 1.55 bits per heavy atom. The number of hydrogen-bond donors (Lipinski definition) is 3. The highest BCUT2D eigenvalue weighted by atomic mass is 19.4. The maximum Gasteiger partial charge on any atom is 0.416 e. The molecule has 0 aliphatic carbocycles. The second-order valence-electron chi connectivity index (χ2n) is 6.49. The van der Waals surface area contributed by atoms with Gasteiger partial charge in [0.2, 0.25) is 0 Å². The lowest BCUT2D eigenvalue weighted by molar-refractivity contribution is -0.137. The molecule has 0 fully saturated rings. The van der Waals surface area contributed by atoms with Crippen molar-refractivity contribution in [3.05, 3.63) is 101 Å². The van der Waals surface area contributed by atoms with Gasteiger partial charge in [-0.05, 0) is 41.0 Å². The summed E-state index contributed by atoms with van der Waals surface area (Å²) >= 11 is 0. The van der Waals surface area contributed by atoms with Crippen molar-refractivity contribution in [2.45, 2.75) is 18.6 Å². The van der Waals surface area contributed by atoms with Crippen molar-refractivity contribution in [3.63, 3.8) is 0 Å². The van der Waals surface area contributed by atoms with E-state index in [1.54, 1.807) is 60.1 Å². The summed E-state index contributed by atoms with van der Waals surface area (Å²) in [7, 11) is 0. The van der Waals surface area contributed by atoms with Crippen molar-refractivity contribution in [2.75, 3.05) is 5.32 Å². The third kappa shape index (κ3) is 5.14. The van der Waals surface area contributed by atoms with Gasteiger partial charge in [-0.25, -0.2) is 5.48 Å². The molecule has 3 N–H and O–H groups in total. The molecule has 7 heteroatoms. The predicted molar refractivity (Wildman–Crippen MR) is 103 cm³/mol. The maximum atomic E-state index is 12.8. The zero-order chi connectivity index (χ0) is 20.9. The number of halogens is 3. The maximum absolute atomic E-state index is 12.8. The van der Waals surface area contributed by atoms with E-state index in [9.17, 15) is 18.0 Å². The lowest BCUT2D eigenvalue weighted by Crippen LogP contribution is -2.27. The van der Waals surface area contributed by atoms with Crippen LogP contribution in [0.5, 0.6) is 0 Å². The zero-order valence-corrected chi connectivity index (χ0v) is 15.3. The van der Waals surface area contributed by atoms with E-state index >= 15 is 0 Å². The smallest absolute Gasteiger partial charge is 0.381 e. The first-order chi connectivity index (χ1) is 13.9. The third-order valence-electron chi connectivity index (χ3n) is 4.50. The normalized spacial score (nSPS) is 12.3. The van der Waals surface area contributed by atoms with Crippen molar-refractivity contribution in [1.29, 1.82) is 0 Å². The third-order valence-corrected chi connectivity index (χ3v) is 4.50. The summed E-state index contributed by atoms with van der Waals surface area (Å²) in [5.41, 5.74) is 3.61. The SMILES string of the molecule is O=C(NO)C(c1ccccc1)c1ccc(NCc2cccc(C(F)(F)F)c2)cc1. The van der Waals surface area contributed by atoms with Crippen LogP contribution in [0.4, 0.5) is 18.9 Å². The van der Waals surface area contributed by atoms with E-state index in [4.69, 9.17) is 5.21 Å². The molecule has 0 heterocycles. The van der Waals surface area contributed by atoms with Gasteiger partial charge >= 0.3 is 6.18 Å². The van der Waals surface area contributed by atoms with E-state index < -0.39 is 23.6 Å². The van der Waals surface area contributed by atoms with Crippen molar-refractivity contribution in [1.82, 2.24) is 5.48 Å². The largest absolute Gasteiger partial charge is 0.416 e. The number of amides is 1. The van der Waals surface area contributed by atoms with E-state index in [1.807, 2.05) is 6.07 Å². The van der Waals surface area contributed by atoms with Gasteiger partial charge in [0.25, 0.3) is 5.91 Å². The first kappa shape index (κ1) is 20.4. The summed E-state index contributed by atoms with van der Waals surface area (Å²) in [6, 6.07) is 21.1. The van der Waals surface area contributed by atoms with Gasteiger partial charge in [-0.15, -0.1) is 0 Å². The molecule has 3 aromatic rings. The molecule has 0 saturated heterocycles. The molecule has 1 unspecified atom stereocenters. The van der Waals surface area contributed by atoms with E-state index in [1.165, 1.54) is 6.07 Å². The monoisotopic (exact) mass is 400 g/mol. The molecule has 1 amide bonds. The van der Waals surface area contributed by atoms with Gasteiger partial charge in [0.05, 0.1) is 11.5 Å². The molecule has 0 aliphatic rings.